The zero-order chi connectivity index (χ0) is 15.1. The van der Waals surface area contributed by atoms with Crippen LogP contribution in [0.5, 0.6) is 0 Å². The smallest absolute Gasteiger partial charge is 0.337 e. The molecule has 0 heterocycles. The van der Waals surface area contributed by atoms with Crippen molar-refractivity contribution in [3.8, 4) is 0 Å². The fourth-order valence-electron chi connectivity index (χ4n) is 2.17. The van der Waals surface area contributed by atoms with E-state index in [4.69, 9.17) is 10.8 Å². The molecule has 0 aliphatic rings. The molecule has 0 saturated carbocycles. The summed E-state index contributed by atoms with van der Waals surface area (Å²) in [6, 6.07) is 6.37. The van der Waals surface area contributed by atoms with Crippen LogP contribution >= 0.6 is 0 Å². The predicted molar refractivity (Wildman–Crippen MR) is 78.6 cm³/mol. The largest absolute Gasteiger partial charge is 0.478 e. The van der Waals surface area contributed by atoms with Crippen LogP contribution in [0, 0.1) is 11.8 Å². The average molecular weight is 278 g/mol. The Morgan fingerprint density at radius 2 is 1.95 bits per heavy atom. The van der Waals surface area contributed by atoms with Gasteiger partial charge in [0.05, 0.1) is 11.3 Å². The molecule has 1 amide bonds. The number of amides is 1. The summed E-state index contributed by atoms with van der Waals surface area (Å²) in [6.07, 6.45) is 1.19. The van der Waals surface area contributed by atoms with E-state index in [1.807, 2.05) is 0 Å². The first-order valence-electron chi connectivity index (χ1n) is 6.76. The Kier molecular flexibility index (Phi) is 6.18. The lowest BCUT2D eigenvalue weighted by molar-refractivity contribution is -0.117. The number of nitrogens with one attached hydrogen (secondary N) is 1. The van der Waals surface area contributed by atoms with Crippen LogP contribution in [-0.4, -0.2) is 23.5 Å². The molecule has 110 valence electrons. The molecule has 0 aromatic heterocycles. The van der Waals surface area contributed by atoms with Crippen molar-refractivity contribution in [2.24, 2.45) is 17.6 Å². The molecule has 1 rings (SSSR count). The third-order valence-electron chi connectivity index (χ3n) is 3.04. The standard InChI is InChI=1S/C15H22N2O3/c1-10(2)7-11(9-16)8-14(18)17-13-6-4-3-5-12(13)15(19)20/h3-6,10-11H,7-9,16H2,1-2H3,(H,17,18)(H,19,20)/t11-/m0/s1. The lowest BCUT2D eigenvalue weighted by Gasteiger charge is -2.17. The summed E-state index contributed by atoms with van der Waals surface area (Å²) in [6.45, 7) is 4.62. The summed E-state index contributed by atoms with van der Waals surface area (Å²) in [7, 11) is 0. The van der Waals surface area contributed by atoms with Gasteiger partial charge in [0, 0.05) is 6.42 Å². The SMILES string of the molecule is CC(C)C[C@H](CN)CC(=O)Nc1ccccc1C(=O)O. The summed E-state index contributed by atoms with van der Waals surface area (Å²) in [5.74, 6) is -0.664. The van der Waals surface area contributed by atoms with Gasteiger partial charge in [-0.2, -0.15) is 0 Å². The lowest BCUT2D eigenvalue weighted by Crippen LogP contribution is -2.24. The van der Waals surface area contributed by atoms with Gasteiger partial charge in [0.2, 0.25) is 5.91 Å². The number of para-hydroxylation sites is 1. The van der Waals surface area contributed by atoms with E-state index < -0.39 is 5.97 Å². The van der Waals surface area contributed by atoms with Gasteiger partial charge in [-0.3, -0.25) is 4.79 Å². The molecule has 0 spiro atoms. The van der Waals surface area contributed by atoms with Gasteiger partial charge >= 0.3 is 5.97 Å². The van der Waals surface area contributed by atoms with Crippen LogP contribution in [0.25, 0.3) is 0 Å². The zero-order valence-electron chi connectivity index (χ0n) is 11.9. The molecule has 5 heteroatoms. The van der Waals surface area contributed by atoms with E-state index >= 15 is 0 Å². The number of benzene rings is 1. The summed E-state index contributed by atoms with van der Waals surface area (Å²) in [4.78, 5) is 23.0. The topological polar surface area (TPSA) is 92.4 Å². The molecule has 1 atom stereocenters. The van der Waals surface area contributed by atoms with Crippen molar-refractivity contribution in [2.75, 3.05) is 11.9 Å². The number of carboxylic acid groups (broad SMARTS) is 1. The van der Waals surface area contributed by atoms with Crippen LogP contribution in [0.2, 0.25) is 0 Å². The van der Waals surface area contributed by atoms with E-state index in [0.29, 0.717) is 24.6 Å². The van der Waals surface area contributed by atoms with Gasteiger partial charge in [-0.25, -0.2) is 4.79 Å². The number of rotatable bonds is 7. The van der Waals surface area contributed by atoms with E-state index in [9.17, 15) is 9.59 Å². The first-order chi connectivity index (χ1) is 9.43. The molecule has 5 nitrogen and oxygen atoms in total. The second-order valence-electron chi connectivity index (χ2n) is 5.33. The van der Waals surface area contributed by atoms with Crippen LogP contribution in [0.3, 0.4) is 0 Å². The molecule has 0 aliphatic carbocycles. The third-order valence-corrected chi connectivity index (χ3v) is 3.04. The summed E-state index contributed by atoms with van der Waals surface area (Å²) < 4.78 is 0. The number of carboxylic acids is 1. The minimum Gasteiger partial charge on any atom is -0.478 e. The first kappa shape index (κ1) is 16.2. The first-order valence-corrected chi connectivity index (χ1v) is 6.76. The zero-order valence-corrected chi connectivity index (χ0v) is 11.9. The van der Waals surface area contributed by atoms with Crippen molar-refractivity contribution >= 4 is 17.6 Å². The molecule has 20 heavy (non-hydrogen) atoms. The van der Waals surface area contributed by atoms with Gasteiger partial charge < -0.3 is 16.2 Å². The van der Waals surface area contributed by atoms with Crippen LogP contribution in [0.1, 0.15) is 37.0 Å². The quantitative estimate of drug-likeness (QED) is 0.713. The van der Waals surface area contributed by atoms with Gasteiger partial charge in [-0.1, -0.05) is 26.0 Å². The highest BCUT2D eigenvalue weighted by Gasteiger charge is 2.16. The highest BCUT2D eigenvalue weighted by atomic mass is 16.4. The fraction of sp³-hybridized carbons (Fsp3) is 0.467. The number of hydrogen-bond acceptors (Lipinski definition) is 3. The van der Waals surface area contributed by atoms with E-state index in [0.717, 1.165) is 6.42 Å². The Morgan fingerprint density at radius 1 is 1.30 bits per heavy atom. The number of aromatic carboxylic acids is 1. The van der Waals surface area contributed by atoms with Gasteiger partial charge in [-0.15, -0.1) is 0 Å². The number of nitrogens with two attached hydrogens (primary N) is 1. The molecule has 1 aromatic carbocycles. The molecule has 4 N–H and O–H groups in total. The molecular weight excluding hydrogens is 256 g/mol. The predicted octanol–water partition coefficient (Wildman–Crippen LogP) is 2.33. The normalized spacial score (nSPS) is 12.2. The Bertz CT molecular complexity index is 472. The summed E-state index contributed by atoms with van der Waals surface area (Å²) >= 11 is 0. The Labute approximate surface area is 119 Å². The minimum absolute atomic E-state index is 0.0917. The third kappa shape index (κ3) is 5.01. The van der Waals surface area contributed by atoms with Crippen molar-refractivity contribution in [1.82, 2.24) is 0 Å². The molecule has 1 aromatic rings. The van der Waals surface area contributed by atoms with Crippen molar-refractivity contribution in [1.29, 1.82) is 0 Å². The second kappa shape index (κ2) is 7.65. The molecular formula is C15H22N2O3. The Morgan fingerprint density at radius 3 is 2.50 bits per heavy atom. The number of carbonyl (C=O) groups is 2. The van der Waals surface area contributed by atoms with Gasteiger partial charge in [-0.05, 0) is 36.9 Å². The van der Waals surface area contributed by atoms with Crippen LogP contribution < -0.4 is 11.1 Å². The molecule has 0 saturated heterocycles. The second-order valence-corrected chi connectivity index (χ2v) is 5.33. The molecule has 0 aliphatic heterocycles. The number of hydrogen-bond donors (Lipinski definition) is 3. The van der Waals surface area contributed by atoms with Crippen molar-refractivity contribution in [3.63, 3.8) is 0 Å². The van der Waals surface area contributed by atoms with E-state index in [2.05, 4.69) is 19.2 Å². The monoisotopic (exact) mass is 278 g/mol. The number of anilines is 1. The molecule has 0 bridgehead atoms. The summed E-state index contributed by atoms with van der Waals surface area (Å²) in [5, 5.41) is 11.7. The molecule has 0 fully saturated rings. The number of carbonyl (C=O) groups excluding carboxylic acids is 1. The van der Waals surface area contributed by atoms with Crippen molar-refractivity contribution in [2.45, 2.75) is 26.7 Å². The van der Waals surface area contributed by atoms with Gasteiger partial charge in [0.15, 0.2) is 0 Å². The minimum atomic E-state index is -1.06. The maximum Gasteiger partial charge on any atom is 0.337 e. The average Bonchev–Trinajstić information content (AvgIpc) is 2.37. The van der Waals surface area contributed by atoms with E-state index in [1.165, 1.54) is 6.07 Å². The molecule has 0 radical (unpaired) electrons. The van der Waals surface area contributed by atoms with Crippen molar-refractivity contribution < 1.29 is 14.7 Å². The van der Waals surface area contributed by atoms with Crippen LogP contribution in [0.4, 0.5) is 5.69 Å². The van der Waals surface area contributed by atoms with Crippen molar-refractivity contribution in [3.05, 3.63) is 29.8 Å². The van der Waals surface area contributed by atoms with Gasteiger partial charge in [0.1, 0.15) is 0 Å². The van der Waals surface area contributed by atoms with Crippen LogP contribution in [-0.2, 0) is 4.79 Å². The highest BCUT2D eigenvalue weighted by molar-refractivity contribution is 6.00. The Hall–Kier alpha value is -1.88. The van der Waals surface area contributed by atoms with E-state index in [1.54, 1.807) is 18.2 Å². The Balaban J connectivity index is 2.69. The fourth-order valence-corrected chi connectivity index (χ4v) is 2.17. The van der Waals surface area contributed by atoms with Crippen LogP contribution in [0.15, 0.2) is 24.3 Å². The molecule has 0 unspecified atom stereocenters. The lowest BCUT2D eigenvalue weighted by atomic mass is 9.94. The maximum absolute atomic E-state index is 12.0. The maximum atomic E-state index is 12.0. The van der Waals surface area contributed by atoms with Gasteiger partial charge in [0.25, 0.3) is 0 Å². The summed E-state index contributed by atoms with van der Waals surface area (Å²) in [5.41, 5.74) is 6.08. The van der Waals surface area contributed by atoms with E-state index in [-0.39, 0.29) is 17.4 Å². The highest BCUT2D eigenvalue weighted by Crippen LogP contribution is 2.18.